The number of ether oxygens (including phenoxy) is 1. The number of carbonyl (C=O) groups is 1. The maximum atomic E-state index is 12.2. The number of unbranched alkanes of at least 4 members (excludes halogenated alkanes) is 1. The number of aryl methyl sites for hydroxylation is 1. The molecule has 1 aliphatic rings. The van der Waals surface area contributed by atoms with Gasteiger partial charge >= 0.3 is 0 Å². The van der Waals surface area contributed by atoms with Gasteiger partial charge in [-0.15, -0.1) is 0 Å². The molecule has 1 fully saturated rings. The van der Waals surface area contributed by atoms with Gasteiger partial charge in [0.2, 0.25) is 6.41 Å². The number of halogens is 1. The summed E-state index contributed by atoms with van der Waals surface area (Å²) in [6.45, 7) is 4.08. The monoisotopic (exact) mass is 443 g/mol. The lowest BCUT2D eigenvalue weighted by Gasteiger charge is -2.43. The van der Waals surface area contributed by atoms with Gasteiger partial charge in [0, 0.05) is 37.7 Å². The molecule has 3 rings (SSSR count). The van der Waals surface area contributed by atoms with Crippen LogP contribution in [-0.4, -0.2) is 43.2 Å². The summed E-state index contributed by atoms with van der Waals surface area (Å²) < 4.78 is 5.22. The Hall–Kier alpha value is -1.88. The highest BCUT2D eigenvalue weighted by Gasteiger charge is 2.41. The third-order valence-electron chi connectivity index (χ3n) is 6.48. The van der Waals surface area contributed by atoms with E-state index in [2.05, 4.69) is 31.2 Å². The van der Waals surface area contributed by atoms with E-state index in [1.165, 1.54) is 11.1 Å². The van der Waals surface area contributed by atoms with Crippen molar-refractivity contribution in [2.24, 2.45) is 5.92 Å². The van der Waals surface area contributed by atoms with E-state index in [9.17, 15) is 9.90 Å². The molecule has 0 spiro atoms. The quantitative estimate of drug-likeness (QED) is 0.410. The van der Waals surface area contributed by atoms with Gasteiger partial charge in [0.15, 0.2) is 0 Å². The predicted molar refractivity (Wildman–Crippen MR) is 125 cm³/mol. The van der Waals surface area contributed by atoms with Crippen molar-refractivity contribution in [1.29, 1.82) is 0 Å². The molecule has 1 heterocycles. The van der Waals surface area contributed by atoms with Crippen LogP contribution >= 0.6 is 11.6 Å². The lowest BCUT2D eigenvalue weighted by molar-refractivity contribution is -0.123. The summed E-state index contributed by atoms with van der Waals surface area (Å²) in [5.41, 5.74) is 3.22. The fourth-order valence-electron chi connectivity index (χ4n) is 4.86. The normalized spacial score (nSPS) is 18.6. The molecule has 1 saturated heterocycles. The molecular weight excluding hydrogens is 410 g/mol. The molecule has 0 saturated carbocycles. The summed E-state index contributed by atoms with van der Waals surface area (Å²) in [7, 11) is 1.70. The van der Waals surface area contributed by atoms with Crippen molar-refractivity contribution in [3.8, 4) is 0 Å². The standard InChI is InChI=1S/C26H34ClNO3/c1-20-8-5-9-21(16-20)17-23-24(11-6-12-25(23)27)26(30,13-3-4-15-31-2)22-10-7-14-28(18-22)19-29/h5-6,8-9,11-12,16,19,22,30H,3-4,7,10,13-15,17-18H2,1-2H3/t22-,26+/m1/s1. The van der Waals surface area contributed by atoms with E-state index < -0.39 is 5.60 Å². The van der Waals surface area contributed by atoms with Crippen LogP contribution < -0.4 is 0 Å². The highest BCUT2D eigenvalue weighted by atomic mass is 35.5. The Balaban J connectivity index is 1.99. The van der Waals surface area contributed by atoms with Gasteiger partial charge in [0.1, 0.15) is 0 Å². The SMILES string of the molecule is COCCCC[C@@](O)(c1cccc(Cl)c1Cc1cccc(C)c1)[C@@H]1CCCN(C=O)C1. The zero-order chi connectivity index (χ0) is 22.3. The van der Waals surface area contributed by atoms with E-state index in [0.717, 1.165) is 49.8 Å². The molecule has 0 aliphatic carbocycles. The topological polar surface area (TPSA) is 49.8 Å². The van der Waals surface area contributed by atoms with E-state index in [1.807, 2.05) is 18.2 Å². The summed E-state index contributed by atoms with van der Waals surface area (Å²) in [4.78, 5) is 13.3. The molecule has 1 amide bonds. The molecule has 168 valence electrons. The maximum Gasteiger partial charge on any atom is 0.209 e. The zero-order valence-electron chi connectivity index (χ0n) is 18.6. The Morgan fingerprint density at radius 2 is 2.06 bits per heavy atom. The molecule has 4 nitrogen and oxygen atoms in total. The summed E-state index contributed by atoms with van der Waals surface area (Å²) in [6, 6.07) is 14.3. The average Bonchev–Trinajstić information content (AvgIpc) is 2.78. The first-order chi connectivity index (χ1) is 15.0. The van der Waals surface area contributed by atoms with Crippen LogP contribution in [0.4, 0.5) is 0 Å². The lowest BCUT2D eigenvalue weighted by atomic mass is 9.72. The van der Waals surface area contributed by atoms with E-state index in [1.54, 1.807) is 12.0 Å². The summed E-state index contributed by atoms with van der Waals surface area (Å²) >= 11 is 6.71. The summed E-state index contributed by atoms with van der Waals surface area (Å²) in [5.74, 6) is -0.0243. The van der Waals surface area contributed by atoms with Gasteiger partial charge in [-0.3, -0.25) is 4.79 Å². The Morgan fingerprint density at radius 1 is 1.26 bits per heavy atom. The number of methoxy groups -OCH3 is 1. The Morgan fingerprint density at radius 3 is 2.81 bits per heavy atom. The predicted octanol–water partition coefficient (Wildman–Crippen LogP) is 5.11. The number of carbonyl (C=O) groups excluding carboxylic acids is 1. The van der Waals surface area contributed by atoms with Crippen molar-refractivity contribution in [3.63, 3.8) is 0 Å². The number of piperidine rings is 1. The number of nitrogens with zero attached hydrogens (tertiary/aromatic N) is 1. The molecule has 0 aromatic heterocycles. The van der Waals surface area contributed by atoms with Gasteiger partial charge in [0.25, 0.3) is 0 Å². The van der Waals surface area contributed by atoms with Gasteiger partial charge in [-0.05, 0) is 68.2 Å². The minimum absolute atomic E-state index is 0.0243. The maximum absolute atomic E-state index is 12.2. The molecule has 0 bridgehead atoms. The van der Waals surface area contributed by atoms with E-state index in [0.29, 0.717) is 31.0 Å². The van der Waals surface area contributed by atoms with Crippen LogP contribution in [0.15, 0.2) is 42.5 Å². The van der Waals surface area contributed by atoms with E-state index in [-0.39, 0.29) is 5.92 Å². The number of hydrogen-bond donors (Lipinski definition) is 1. The van der Waals surface area contributed by atoms with E-state index in [4.69, 9.17) is 16.3 Å². The largest absolute Gasteiger partial charge is 0.385 e. The first-order valence-corrected chi connectivity index (χ1v) is 11.6. The lowest BCUT2D eigenvalue weighted by Crippen LogP contribution is -2.46. The number of likely N-dealkylation sites (tertiary alicyclic amines) is 1. The fraction of sp³-hybridized carbons (Fsp3) is 0.500. The molecule has 2 atom stereocenters. The molecule has 2 aromatic rings. The summed E-state index contributed by atoms with van der Waals surface area (Å²) in [5, 5.41) is 12.9. The molecule has 31 heavy (non-hydrogen) atoms. The molecule has 0 radical (unpaired) electrons. The van der Waals surface area contributed by atoms with Crippen LogP contribution in [0.25, 0.3) is 0 Å². The van der Waals surface area contributed by atoms with Crippen molar-refractivity contribution in [1.82, 2.24) is 4.90 Å². The Kier molecular flexibility index (Phi) is 8.53. The second-order valence-electron chi connectivity index (χ2n) is 8.75. The number of amides is 1. The van der Waals surface area contributed by atoms with Crippen LogP contribution in [0.5, 0.6) is 0 Å². The molecule has 2 aromatic carbocycles. The van der Waals surface area contributed by atoms with Gasteiger partial charge in [0.05, 0.1) is 5.60 Å². The average molecular weight is 444 g/mol. The van der Waals surface area contributed by atoms with Crippen molar-refractivity contribution in [2.75, 3.05) is 26.8 Å². The fourth-order valence-corrected chi connectivity index (χ4v) is 5.10. The van der Waals surface area contributed by atoms with Gasteiger partial charge in [-0.1, -0.05) is 53.6 Å². The van der Waals surface area contributed by atoms with Crippen LogP contribution in [0.3, 0.4) is 0 Å². The molecular formula is C26H34ClNO3. The Labute approximate surface area is 191 Å². The molecule has 1 aliphatic heterocycles. The Bertz CT molecular complexity index is 871. The van der Waals surface area contributed by atoms with Crippen molar-refractivity contribution < 1.29 is 14.6 Å². The van der Waals surface area contributed by atoms with E-state index >= 15 is 0 Å². The van der Waals surface area contributed by atoms with Gasteiger partial charge in [-0.2, -0.15) is 0 Å². The molecule has 0 unspecified atom stereocenters. The van der Waals surface area contributed by atoms with Gasteiger partial charge in [-0.25, -0.2) is 0 Å². The van der Waals surface area contributed by atoms with Crippen molar-refractivity contribution in [3.05, 3.63) is 69.7 Å². The minimum Gasteiger partial charge on any atom is -0.385 e. The van der Waals surface area contributed by atoms with Crippen LogP contribution in [0, 0.1) is 12.8 Å². The van der Waals surface area contributed by atoms with Crippen molar-refractivity contribution >= 4 is 18.0 Å². The third kappa shape index (κ3) is 5.88. The summed E-state index contributed by atoms with van der Waals surface area (Å²) in [6.07, 6.45) is 5.72. The first-order valence-electron chi connectivity index (χ1n) is 11.2. The minimum atomic E-state index is -1.04. The second-order valence-corrected chi connectivity index (χ2v) is 9.15. The smallest absolute Gasteiger partial charge is 0.209 e. The van der Waals surface area contributed by atoms with Crippen molar-refractivity contribution in [2.45, 2.75) is 51.0 Å². The number of benzene rings is 2. The molecule has 5 heteroatoms. The zero-order valence-corrected chi connectivity index (χ0v) is 19.4. The third-order valence-corrected chi connectivity index (χ3v) is 6.84. The number of hydrogen-bond acceptors (Lipinski definition) is 3. The number of aliphatic hydroxyl groups is 1. The first kappa shape index (κ1) is 23.8. The van der Waals surface area contributed by atoms with Crippen LogP contribution in [0.2, 0.25) is 5.02 Å². The molecule has 1 N–H and O–H groups in total. The van der Waals surface area contributed by atoms with Crippen LogP contribution in [0.1, 0.15) is 54.4 Å². The van der Waals surface area contributed by atoms with Crippen LogP contribution in [-0.2, 0) is 21.6 Å². The second kappa shape index (κ2) is 11.1. The number of rotatable bonds is 10. The van der Waals surface area contributed by atoms with Gasteiger partial charge < -0.3 is 14.7 Å². The highest BCUT2D eigenvalue weighted by molar-refractivity contribution is 6.31. The highest BCUT2D eigenvalue weighted by Crippen LogP contribution is 2.43.